The Morgan fingerprint density at radius 1 is 1.29 bits per heavy atom. The van der Waals surface area contributed by atoms with Crippen LogP contribution in [-0.2, 0) is 0 Å². The Hall–Kier alpha value is -1.55. The number of ether oxygens (including phenoxy) is 1. The summed E-state index contributed by atoms with van der Waals surface area (Å²) in [7, 11) is 1.64. The fourth-order valence-corrected chi connectivity index (χ4v) is 2.84. The average Bonchev–Trinajstić information content (AvgIpc) is 2.55. The van der Waals surface area contributed by atoms with E-state index in [9.17, 15) is 4.79 Å². The molecule has 1 aliphatic heterocycles. The third-order valence-electron chi connectivity index (χ3n) is 4.06. The van der Waals surface area contributed by atoms with Crippen molar-refractivity contribution < 1.29 is 9.53 Å². The Bertz CT molecular complexity index is 439. The quantitative estimate of drug-likeness (QED) is 0.875. The Labute approximate surface area is 127 Å². The van der Waals surface area contributed by atoms with E-state index in [0.717, 1.165) is 56.8 Å². The van der Waals surface area contributed by atoms with Crippen molar-refractivity contribution in [1.29, 1.82) is 0 Å². The molecule has 0 aromatic heterocycles. The number of hydrogen-bond donors (Lipinski definition) is 1. The molecule has 1 aromatic rings. The number of carbonyl (C=O) groups is 1. The molecule has 21 heavy (non-hydrogen) atoms. The highest BCUT2D eigenvalue weighted by Crippen LogP contribution is 2.17. The molecule has 1 aliphatic rings. The Morgan fingerprint density at radius 2 is 1.95 bits per heavy atom. The first-order chi connectivity index (χ1) is 10.2. The van der Waals surface area contributed by atoms with Gasteiger partial charge in [-0.25, -0.2) is 0 Å². The summed E-state index contributed by atoms with van der Waals surface area (Å²) in [4.78, 5) is 14.7. The second kappa shape index (κ2) is 8.03. The van der Waals surface area contributed by atoms with Crippen LogP contribution in [-0.4, -0.2) is 44.1 Å². The van der Waals surface area contributed by atoms with Crippen LogP contribution in [0.5, 0.6) is 5.75 Å². The molecule has 0 spiro atoms. The van der Waals surface area contributed by atoms with E-state index in [4.69, 9.17) is 4.74 Å². The molecule has 0 radical (unpaired) electrons. The lowest BCUT2D eigenvalue weighted by atomic mass is 9.97. The van der Waals surface area contributed by atoms with Crippen LogP contribution < -0.4 is 10.1 Å². The normalized spacial score (nSPS) is 15.7. The number of carbonyl (C=O) groups excluding carboxylic acids is 1. The first-order valence-electron chi connectivity index (χ1n) is 7.88. The minimum absolute atomic E-state index is 0.137. The number of amides is 1. The van der Waals surface area contributed by atoms with Crippen LogP contribution in [0.1, 0.15) is 36.5 Å². The molecule has 0 saturated carbocycles. The first kappa shape index (κ1) is 15.8. The number of benzene rings is 1. The molecule has 1 saturated heterocycles. The number of rotatable bonds is 6. The van der Waals surface area contributed by atoms with Crippen LogP contribution in [0.3, 0.4) is 0 Å². The van der Waals surface area contributed by atoms with Crippen molar-refractivity contribution in [2.24, 2.45) is 5.92 Å². The summed E-state index contributed by atoms with van der Waals surface area (Å²) in [5, 5.41) is 3.38. The molecule has 4 heteroatoms. The smallest absolute Gasteiger partial charge is 0.253 e. The fourth-order valence-electron chi connectivity index (χ4n) is 2.84. The molecule has 2 rings (SSSR count). The summed E-state index contributed by atoms with van der Waals surface area (Å²) in [6.07, 6.45) is 3.32. The highest BCUT2D eigenvalue weighted by molar-refractivity contribution is 5.94. The zero-order valence-corrected chi connectivity index (χ0v) is 13.1. The van der Waals surface area contributed by atoms with Crippen molar-refractivity contribution in [2.75, 3.05) is 33.3 Å². The van der Waals surface area contributed by atoms with Gasteiger partial charge >= 0.3 is 0 Å². The second-order valence-corrected chi connectivity index (χ2v) is 5.67. The van der Waals surface area contributed by atoms with Crippen molar-refractivity contribution in [3.05, 3.63) is 29.8 Å². The van der Waals surface area contributed by atoms with Gasteiger partial charge in [0.15, 0.2) is 0 Å². The minimum Gasteiger partial charge on any atom is -0.497 e. The van der Waals surface area contributed by atoms with E-state index in [2.05, 4.69) is 12.2 Å². The van der Waals surface area contributed by atoms with Crippen molar-refractivity contribution in [1.82, 2.24) is 10.2 Å². The third-order valence-corrected chi connectivity index (χ3v) is 4.06. The van der Waals surface area contributed by atoms with Gasteiger partial charge in [0.05, 0.1) is 7.11 Å². The van der Waals surface area contributed by atoms with Gasteiger partial charge < -0.3 is 15.0 Å². The van der Waals surface area contributed by atoms with E-state index in [-0.39, 0.29) is 5.91 Å². The van der Waals surface area contributed by atoms with Gasteiger partial charge in [0.2, 0.25) is 0 Å². The molecule has 0 aliphatic carbocycles. The van der Waals surface area contributed by atoms with Crippen LogP contribution in [0.4, 0.5) is 0 Å². The maximum atomic E-state index is 12.7. The van der Waals surface area contributed by atoms with Gasteiger partial charge in [0.25, 0.3) is 5.91 Å². The molecule has 0 unspecified atom stereocenters. The van der Waals surface area contributed by atoms with Crippen LogP contribution >= 0.6 is 0 Å². The van der Waals surface area contributed by atoms with Crippen molar-refractivity contribution >= 4 is 5.91 Å². The van der Waals surface area contributed by atoms with Crippen LogP contribution in [0.25, 0.3) is 0 Å². The summed E-state index contributed by atoms with van der Waals surface area (Å²) in [5.41, 5.74) is 0.748. The van der Waals surface area contributed by atoms with E-state index >= 15 is 0 Å². The summed E-state index contributed by atoms with van der Waals surface area (Å²) < 4.78 is 5.15. The molecule has 1 amide bonds. The second-order valence-electron chi connectivity index (χ2n) is 5.67. The minimum atomic E-state index is 0.137. The zero-order valence-electron chi connectivity index (χ0n) is 13.1. The predicted molar refractivity (Wildman–Crippen MR) is 84.8 cm³/mol. The molecule has 1 aromatic carbocycles. The van der Waals surface area contributed by atoms with Crippen molar-refractivity contribution in [2.45, 2.75) is 26.2 Å². The van der Waals surface area contributed by atoms with Gasteiger partial charge in [-0.2, -0.15) is 0 Å². The summed E-state index contributed by atoms with van der Waals surface area (Å²) in [6, 6.07) is 7.41. The molecule has 1 N–H and O–H groups in total. The maximum absolute atomic E-state index is 12.7. The van der Waals surface area contributed by atoms with Gasteiger partial charge in [-0.05, 0) is 62.5 Å². The molecule has 1 fully saturated rings. The SMILES string of the molecule is CCCN(CC1CCNCC1)C(=O)c1ccc(OC)cc1. The Balaban J connectivity index is 2.02. The van der Waals surface area contributed by atoms with Crippen LogP contribution in [0.15, 0.2) is 24.3 Å². The van der Waals surface area contributed by atoms with E-state index in [1.54, 1.807) is 7.11 Å². The number of nitrogens with zero attached hydrogens (tertiary/aromatic N) is 1. The van der Waals surface area contributed by atoms with E-state index in [1.165, 1.54) is 0 Å². The summed E-state index contributed by atoms with van der Waals surface area (Å²) >= 11 is 0. The third kappa shape index (κ3) is 4.46. The lowest BCUT2D eigenvalue weighted by molar-refractivity contribution is 0.0716. The van der Waals surface area contributed by atoms with E-state index in [0.29, 0.717) is 5.92 Å². The molecule has 4 nitrogen and oxygen atoms in total. The number of piperidine rings is 1. The van der Waals surface area contributed by atoms with Gasteiger partial charge in [-0.3, -0.25) is 4.79 Å². The van der Waals surface area contributed by atoms with Gasteiger partial charge in [-0.1, -0.05) is 6.92 Å². The Morgan fingerprint density at radius 3 is 2.52 bits per heavy atom. The van der Waals surface area contributed by atoms with Crippen molar-refractivity contribution in [3.63, 3.8) is 0 Å². The fraction of sp³-hybridized carbons (Fsp3) is 0.588. The standard InChI is InChI=1S/C17H26N2O2/c1-3-12-19(13-14-8-10-18-11-9-14)17(20)15-4-6-16(21-2)7-5-15/h4-7,14,18H,3,8-13H2,1-2H3. The molecule has 1 heterocycles. The number of hydrogen-bond acceptors (Lipinski definition) is 3. The predicted octanol–water partition coefficient (Wildman–Crippen LogP) is 2.55. The van der Waals surface area contributed by atoms with E-state index in [1.807, 2.05) is 29.2 Å². The summed E-state index contributed by atoms with van der Waals surface area (Å²) in [5.74, 6) is 1.55. The van der Waals surface area contributed by atoms with Gasteiger partial charge in [0, 0.05) is 18.7 Å². The monoisotopic (exact) mass is 290 g/mol. The summed E-state index contributed by atoms with van der Waals surface area (Å²) in [6.45, 7) is 5.97. The van der Waals surface area contributed by atoms with E-state index < -0.39 is 0 Å². The molecular weight excluding hydrogens is 264 g/mol. The lowest BCUT2D eigenvalue weighted by Gasteiger charge is -2.30. The highest BCUT2D eigenvalue weighted by Gasteiger charge is 2.21. The van der Waals surface area contributed by atoms with Gasteiger partial charge in [0.1, 0.15) is 5.75 Å². The van der Waals surface area contributed by atoms with Crippen LogP contribution in [0, 0.1) is 5.92 Å². The highest BCUT2D eigenvalue weighted by atomic mass is 16.5. The molecular formula is C17H26N2O2. The van der Waals surface area contributed by atoms with Crippen molar-refractivity contribution in [3.8, 4) is 5.75 Å². The molecule has 0 bridgehead atoms. The van der Waals surface area contributed by atoms with Crippen LogP contribution in [0.2, 0.25) is 0 Å². The topological polar surface area (TPSA) is 41.6 Å². The first-order valence-corrected chi connectivity index (χ1v) is 7.88. The number of methoxy groups -OCH3 is 1. The average molecular weight is 290 g/mol. The molecule has 116 valence electrons. The Kier molecular flexibility index (Phi) is 6.05. The molecule has 0 atom stereocenters. The maximum Gasteiger partial charge on any atom is 0.253 e. The lowest BCUT2D eigenvalue weighted by Crippen LogP contribution is -2.39. The van der Waals surface area contributed by atoms with Gasteiger partial charge in [-0.15, -0.1) is 0 Å². The largest absolute Gasteiger partial charge is 0.497 e. The number of nitrogens with one attached hydrogen (secondary N) is 1. The zero-order chi connectivity index (χ0) is 15.1.